The first kappa shape index (κ1) is 17.6. The number of carbonyl (C=O) groups is 3. The molecule has 2 amide bonds. The highest BCUT2D eigenvalue weighted by atomic mass is 16.5. The fourth-order valence-electron chi connectivity index (χ4n) is 2.65. The third kappa shape index (κ3) is 3.89. The Morgan fingerprint density at radius 3 is 2.58 bits per heavy atom. The van der Waals surface area contributed by atoms with E-state index >= 15 is 0 Å². The first-order valence-electron chi connectivity index (χ1n) is 8.02. The normalized spacial score (nSPS) is 13.0. The van der Waals surface area contributed by atoms with E-state index in [0.29, 0.717) is 23.5 Å². The van der Waals surface area contributed by atoms with Gasteiger partial charge in [0.15, 0.2) is 6.61 Å². The van der Waals surface area contributed by atoms with Gasteiger partial charge in [-0.1, -0.05) is 24.3 Å². The zero-order chi connectivity index (χ0) is 18.5. The summed E-state index contributed by atoms with van der Waals surface area (Å²) in [4.78, 5) is 37.6. The average molecular weight is 354 g/mol. The number of nitrogens with one attached hydrogen (secondary N) is 1. The van der Waals surface area contributed by atoms with Gasteiger partial charge in [-0.15, -0.1) is 0 Å². The van der Waals surface area contributed by atoms with Gasteiger partial charge in [0.25, 0.3) is 5.91 Å². The minimum atomic E-state index is -0.600. The van der Waals surface area contributed by atoms with Crippen molar-refractivity contribution < 1.29 is 23.9 Å². The summed E-state index contributed by atoms with van der Waals surface area (Å²) >= 11 is 0. The molecule has 1 N–H and O–H groups in total. The van der Waals surface area contributed by atoms with Gasteiger partial charge in [-0.2, -0.15) is 0 Å². The number of benzene rings is 2. The lowest BCUT2D eigenvalue weighted by Crippen LogP contribution is -2.44. The van der Waals surface area contributed by atoms with E-state index in [4.69, 9.17) is 9.47 Å². The summed E-state index contributed by atoms with van der Waals surface area (Å²) in [7, 11) is 1.59. The van der Waals surface area contributed by atoms with Crippen LogP contribution in [0.3, 0.4) is 0 Å². The Morgan fingerprint density at radius 2 is 1.85 bits per heavy atom. The van der Waals surface area contributed by atoms with E-state index in [1.165, 1.54) is 4.90 Å². The van der Waals surface area contributed by atoms with Crippen LogP contribution in [0.5, 0.6) is 0 Å². The maximum Gasteiger partial charge on any atom is 0.338 e. The lowest BCUT2D eigenvalue weighted by atomic mass is 10.1. The molecule has 0 saturated heterocycles. The number of ether oxygens (including phenoxy) is 2. The van der Waals surface area contributed by atoms with Gasteiger partial charge in [-0.05, 0) is 29.8 Å². The number of esters is 1. The van der Waals surface area contributed by atoms with Crippen molar-refractivity contribution in [3.8, 4) is 0 Å². The van der Waals surface area contributed by atoms with Crippen molar-refractivity contribution in [1.82, 2.24) is 0 Å². The van der Waals surface area contributed by atoms with E-state index in [9.17, 15) is 14.4 Å². The predicted octanol–water partition coefficient (Wildman–Crippen LogP) is 1.98. The zero-order valence-corrected chi connectivity index (χ0v) is 14.2. The summed E-state index contributed by atoms with van der Waals surface area (Å²) in [5, 5.41) is 2.70. The van der Waals surface area contributed by atoms with Gasteiger partial charge < -0.3 is 14.8 Å². The van der Waals surface area contributed by atoms with Crippen LogP contribution in [-0.2, 0) is 25.7 Å². The number of fused-ring (bicyclic) bond motifs is 1. The van der Waals surface area contributed by atoms with E-state index in [1.807, 2.05) is 0 Å². The molecule has 0 atom stereocenters. The van der Waals surface area contributed by atoms with Crippen LogP contribution < -0.4 is 10.2 Å². The molecule has 0 radical (unpaired) electrons. The number of para-hydroxylation sites is 2. The Labute approximate surface area is 150 Å². The van der Waals surface area contributed by atoms with E-state index in [-0.39, 0.29) is 12.5 Å². The monoisotopic (exact) mass is 354 g/mol. The molecule has 0 saturated carbocycles. The molecule has 0 spiro atoms. The molecule has 1 aliphatic rings. The molecular formula is C19H18N2O5. The second-order valence-electron chi connectivity index (χ2n) is 5.75. The third-order valence-corrected chi connectivity index (χ3v) is 3.90. The summed E-state index contributed by atoms with van der Waals surface area (Å²) in [6.07, 6.45) is 0. The van der Waals surface area contributed by atoms with Crippen molar-refractivity contribution in [2.75, 3.05) is 30.5 Å². The number of amides is 2. The van der Waals surface area contributed by atoms with Crippen LogP contribution in [0.1, 0.15) is 15.9 Å². The summed E-state index contributed by atoms with van der Waals surface area (Å²) in [6, 6.07) is 13.7. The first-order chi connectivity index (χ1) is 12.6. The molecule has 1 aliphatic heterocycles. The van der Waals surface area contributed by atoms with Crippen molar-refractivity contribution in [1.29, 1.82) is 0 Å². The summed E-state index contributed by atoms with van der Waals surface area (Å²) in [5.41, 5.74) is 2.40. The van der Waals surface area contributed by atoms with E-state index < -0.39 is 18.5 Å². The van der Waals surface area contributed by atoms with Gasteiger partial charge >= 0.3 is 5.97 Å². The Hall–Kier alpha value is -3.19. The largest absolute Gasteiger partial charge is 0.452 e. The lowest BCUT2D eigenvalue weighted by molar-refractivity contribution is -0.124. The second kappa shape index (κ2) is 7.79. The number of carbonyl (C=O) groups excluding carboxylic acids is 3. The highest BCUT2D eigenvalue weighted by molar-refractivity contribution is 6.10. The van der Waals surface area contributed by atoms with E-state index in [0.717, 1.165) is 5.56 Å². The van der Waals surface area contributed by atoms with Gasteiger partial charge in [-0.3, -0.25) is 14.5 Å². The molecule has 1 heterocycles. The number of methoxy groups -OCH3 is 1. The van der Waals surface area contributed by atoms with Gasteiger partial charge in [0.2, 0.25) is 5.91 Å². The highest BCUT2D eigenvalue weighted by Crippen LogP contribution is 2.28. The Morgan fingerprint density at radius 1 is 1.12 bits per heavy atom. The van der Waals surface area contributed by atoms with Crippen LogP contribution in [0.25, 0.3) is 0 Å². The second-order valence-corrected chi connectivity index (χ2v) is 5.75. The molecule has 0 bridgehead atoms. The van der Waals surface area contributed by atoms with Crippen LogP contribution in [0.2, 0.25) is 0 Å². The minimum Gasteiger partial charge on any atom is -0.452 e. The average Bonchev–Trinajstić information content (AvgIpc) is 2.66. The van der Waals surface area contributed by atoms with Crippen LogP contribution >= 0.6 is 0 Å². The molecule has 2 aromatic rings. The van der Waals surface area contributed by atoms with Crippen molar-refractivity contribution >= 4 is 29.2 Å². The van der Waals surface area contributed by atoms with E-state index in [1.54, 1.807) is 55.6 Å². The summed E-state index contributed by atoms with van der Waals surface area (Å²) in [5.74, 6) is -1.36. The van der Waals surface area contributed by atoms with Crippen LogP contribution in [0, 0.1) is 0 Å². The lowest BCUT2D eigenvalue weighted by Gasteiger charge is -2.28. The molecular weight excluding hydrogens is 336 g/mol. The Balaban J connectivity index is 1.63. The molecule has 2 aromatic carbocycles. The molecule has 134 valence electrons. The topological polar surface area (TPSA) is 84.9 Å². The zero-order valence-electron chi connectivity index (χ0n) is 14.2. The molecule has 0 aliphatic carbocycles. The smallest absolute Gasteiger partial charge is 0.338 e. The van der Waals surface area contributed by atoms with Crippen LogP contribution in [-0.4, -0.2) is 38.0 Å². The maximum absolute atomic E-state index is 12.4. The molecule has 7 heteroatoms. The maximum atomic E-state index is 12.4. The quantitative estimate of drug-likeness (QED) is 0.830. The number of hydrogen-bond acceptors (Lipinski definition) is 5. The van der Waals surface area contributed by atoms with Gasteiger partial charge in [0.1, 0.15) is 6.54 Å². The molecule has 7 nitrogen and oxygen atoms in total. The first-order valence-corrected chi connectivity index (χ1v) is 8.02. The molecule has 3 rings (SSSR count). The molecule has 0 unspecified atom stereocenters. The fraction of sp³-hybridized carbons (Fsp3) is 0.211. The van der Waals surface area contributed by atoms with Gasteiger partial charge in [-0.25, -0.2) is 4.79 Å². The Kier molecular flexibility index (Phi) is 5.28. The van der Waals surface area contributed by atoms with Crippen molar-refractivity contribution in [3.63, 3.8) is 0 Å². The van der Waals surface area contributed by atoms with Gasteiger partial charge in [0, 0.05) is 7.11 Å². The third-order valence-electron chi connectivity index (χ3n) is 3.90. The van der Waals surface area contributed by atoms with Crippen molar-refractivity contribution in [2.24, 2.45) is 0 Å². The fourth-order valence-corrected chi connectivity index (χ4v) is 2.65. The standard InChI is InChI=1S/C19H18N2O5/c1-25-11-13-6-8-14(9-7-13)19(24)26-12-18(23)21-10-17(22)20-15-4-2-3-5-16(15)21/h2-9H,10-12H2,1H3,(H,20,22). The summed E-state index contributed by atoms with van der Waals surface area (Å²) in [6.45, 7) is -0.108. The predicted molar refractivity (Wildman–Crippen MR) is 94.9 cm³/mol. The molecule has 0 fully saturated rings. The van der Waals surface area contributed by atoms with Crippen molar-refractivity contribution in [2.45, 2.75) is 6.61 Å². The molecule has 0 aromatic heterocycles. The number of anilines is 2. The SMILES string of the molecule is COCc1ccc(C(=O)OCC(=O)N2CC(=O)Nc3ccccc32)cc1. The molecule has 26 heavy (non-hydrogen) atoms. The summed E-state index contributed by atoms with van der Waals surface area (Å²) < 4.78 is 10.1. The van der Waals surface area contributed by atoms with Gasteiger partial charge in [0.05, 0.1) is 23.5 Å². The number of rotatable bonds is 5. The number of hydrogen-bond donors (Lipinski definition) is 1. The van der Waals surface area contributed by atoms with Crippen LogP contribution in [0.15, 0.2) is 48.5 Å². The Bertz CT molecular complexity index is 832. The minimum absolute atomic E-state index is 0.112. The highest BCUT2D eigenvalue weighted by Gasteiger charge is 2.27. The number of nitrogens with zero attached hydrogens (tertiary/aromatic N) is 1. The van der Waals surface area contributed by atoms with E-state index in [2.05, 4.69) is 5.32 Å². The van der Waals surface area contributed by atoms with Crippen molar-refractivity contribution in [3.05, 3.63) is 59.7 Å². The van der Waals surface area contributed by atoms with Crippen LogP contribution in [0.4, 0.5) is 11.4 Å².